The van der Waals surface area contributed by atoms with Crippen LogP contribution >= 0.6 is 23.4 Å². The summed E-state index contributed by atoms with van der Waals surface area (Å²) >= 11 is 12.4. The molecule has 1 aromatic carbocycles. The molecule has 0 unspecified atom stereocenters. The van der Waals surface area contributed by atoms with Crippen molar-refractivity contribution in [3.05, 3.63) is 40.5 Å². The molecule has 0 radical (unpaired) electrons. The van der Waals surface area contributed by atoms with Crippen LogP contribution in [-0.4, -0.2) is 33.4 Å². The minimum Gasteiger partial charge on any atom is -0.448 e. The lowest BCUT2D eigenvalue weighted by molar-refractivity contribution is 0.144. The molecule has 0 fully saturated rings. The van der Waals surface area contributed by atoms with Gasteiger partial charge in [-0.05, 0) is 32.9 Å². The van der Waals surface area contributed by atoms with Crippen LogP contribution in [-0.2, 0) is 16.8 Å². The molecule has 144 valence electrons. The highest BCUT2D eigenvalue weighted by atomic mass is 35.5. The van der Waals surface area contributed by atoms with Gasteiger partial charge in [-0.2, -0.15) is 5.10 Å². The molecule has 1 aliphatic rings. The van der Waals surface area contributed by atoms with Crippen LogP contribution in [0.15, 0.2) is 24.3 Å². The van der Waals surface area contributed by atoms with Gasteiger partial charge in [-0.3, -0.25) is 0 Å². The number of urea groups is 1. The molecule has 0 aliphatic carbocycles. The number of carbonyl (C=O) groups is 2. The summed E-state index contributed by atoms with van der Waals surface area (Å²) in [6.07, 6.45) is -0.659. The molecule has 0 atom stereocenters. The first kappa shape index (κ1) is 19.3. The van der Waals surface area contributed by atoms with Gasteiger partial charge in [0.15, 0.2) is 0 Å². The predicted molar refractivity (Wildman–Crippen MR) is 103 cm³/mol. The number of nitrogens with two attached hydrogens (primary N) is 1. The zero-order valence-electron chi connectivity index (χ0n) is 15.1. The van der Waals surface area contributed by atoms with Gasteiger partial charge in [-0.25, -0.2) is 14.0 Å². The van der Waals surface area contributed by atoms with E-state index in [1.165, 1.54) is 4.90 Å². The minimum atomic E-state index is -0.841. The van der Waals surface area contributed by atoms with Crippen molar-refractivity contribution in [3.63, 3.8) is 0 Å². The summed E-state index contributed by atoms with van der Waals surface area (Å²) in [5, 5.41) is 4.63. The van der Waals surface area contributed by atoms with Gasteiger partial charge < -0.3 is 15.4 Å². The maximum atomic E-state index is 13.0. The van der Waals surface area contributed by atoms with E-state index in [4.69, 9.17) is 33.8 Å². The van der Waals surface area contributed by atoms with E-state index in [0.717, 1.165) is 9.10 Å². The quantitative estimate of drug-likeness (QED) is 0.754. The van der Waals surface area contributed by atoms with Crippen molar-refractivity contribution < 1.29 is 14.3 Å². The van der Waals surface area contributed by atoms with Crippen LogP contribution in [0, 0.1) is 0 Å². The molecule has 10 heteroatoms. The monoisotopic (exact) mass is 411 g/mol. The average molecular weight is 412 g/mol. The summed E-state index contributed by atoms with van der Waals surface area (Å²) < 4.78 is 6.94. The van der Waals surface area contributed by atoms with E-state index in [9.17, 15) is 9.59 Å². The molecule has 1 aromatic heterocycles. The number of hydrogen-bond donors (Lipinski definition) is 1. The van der Waals surface area contributed by atoms with Crippen LogP contribution in [0.25, 0.3) is 0 Å². The smallest absolute Gasteiger partial charge is 0.436 e. The van der Waals surface area contributed by atoms with Crippen molar-refractivity contribution in [2.75, 3.05) is 16.8 Å². The van der Waals surface area contributed by atoms with Gasteiger partial charge in [0.1, 0.15) is 5.82 Å². The highest BCUT2D eigenvalue weighted by Gasteiger charge is 2.46. The molecule has 2 amide bonds. The van der Waals surface area contributed by atoms with E-state index in [1.807, 2.05) is 0 Å². The van der Waals surface area contributed by atoms with Crippen LogP contribution in [0.2, 0.25) is 5.02 Å². The van der Waals surface area contributed by atoms with Gasteiger partial charge in [0.25, 0.3) is 0 Å². The first-order valence-electron chi connectivity index (χ1n) is 8.27. The van der Waals surface area contributed by atoms with Crippen LogP contribution in [0.3, 0.4) is 0 Å². The highest BCUT2D eigenvalue weighted by Crippen LogP contribution is 2.42. The SMILES string of the molecule is CCOC(=O)n1nc2c(c1N)CN(C(=O)N(Cl)c1ccccc1Cl)C2(C)C. The Labute approximate surface area is 166 Å². The second-order valence-corrected chi connectivity index (χ2v) is 7.23. The molecule has 2 heterocycles. The van der Waals surface area contributed by atoms with E-state index in [2.05, 4.69) is 5.10 Å². The van der Waals surface area contributed by atoms with Gasteiger partial charge in [-0.15, -0.1) is 4.68 Å². The summed E-state index contributed by atoms with van der Waals surface area (Å²) in [6, 6.07) is 6.29. The molecule has 2 aromatic rings. The molecule has 3 rings (SSSR count). The van der Waals surface area contributed by atoms with Crippen LogP contribution in [0.4, 0.5) is 21.1 Å². The Hall–Kier alpha value is -2.45. The lowest BCUT2D eigenvalue weighted by Gasteiger charge is -2.33. The largest absolute Gasteiger partial charge is 0.448 e. The number of nitrogens with zero attached hydrogens (tertiary/aromatic N) is 4. The molecule has 0 saturated carbocycles. The molecular formula is C17H19Cl2N5O3. The fourth-order valence-corrected chi connectivity index (χ4v) is 3.55. The summed E-state index contributed by atoms with van der Waals surface area (Å²) in [5.74, 6) is 0.144. The number of aromatic nitrogens is 2. The Kier molecular flexibility index (Phi) is 4.96. The number of ether oxygens (including phenoxy) is 1. The number of rotatable bonds is 2. The van der Waals surface area contributed by atoms with Crippen LogP contribution in [0.5, 0.6) is 0 Å². The fourth-order valence-electron chi connectivity index (χ4n) is 3.04. The van der Waals surface area contributed by atoms with Gasteiger partial charge in [0.05, 0.1) is 35.1 Å². The third-order valence-electron chi connectivity index (χ3n) is 4.50. The van der Waals surface area contributed by atoms with E-state index in [1.54, 1.807) is 45.0 Å². The Morgan fingerprint density at radius 1 is 1.37 bits per heavy atom. The van der Waals surface area contributed by atoms with Crippen molar-refractivity contribution in [2.45, 2.75) is 32.9 Å². The Morgan fingerprint density at radius 3 is 2.63 bits per heavy atom. The summed E-state index contributed by atoms with van der Waals surface area (Å²) in [5.41, 5.74) is 6.71. The maximum Gasteiger partial charge on any atom is 0.436 e. The maximum absolute atomic E-state index is 13.0. The number of nitrogen functional groups attached to an aromatic ring is 1. The van der Waals surface area contributed by atoms with Crippen molar-refractivity contribution >= 4 is 47.0 Å². The lowest BCUT2D eigenvalue weighted by Crippen LogP contribution is -2.45. The molecule has 0 saturated heterocycles. The number of hydrogen-bond acceptors (Lipinski definition) is 5. The number of anilines is 2. The number of fused-ring (bicyclic) bond motifs is 1. The van der Waals surface area contributed by atoms with E-state index in [-0.39, 0.29) is 19.0 Å². The van der Waals surface area contributed by atoms with E-state index >= 15 is 0 Å². The van der Waals surface area contributed by atoms with Crippen LogP contribution in [0.1, 0.15) is 32.0 Å². The number of benzene rings is 1. The number of halogens is 2. The number of carbonyl (C=O) groups excluding carboxylic acids is 2. The van der Waals surface area contributed by atoms with Gasteiger partial charge in [-0.1, -0.05) is 23.7 Å². The molecule has 8 nitrogen and oxygen atoms in total. The second kappa shape index (κ2) is 6.94. The standard InChI is InChI=1S/C17H19Cl2N5O3/c1-4-27-16(26)24-14(20)10-9-22(17(2,3)13(10)21-24)15(25)23(19)12-8-6-5-7-11(12)18/h5-8H,4,9,20H2,1-3H3. The van der Waals surface area contributed by atoms with Gasteiger partial charge >= 0.3 is 12.1 Å². The van der Waals surface area contributed by atoms with Crippen molar-refractivity contribution in [1.82, 2.24) is 14.7 Å². The molecule has 2 N–H and O–H groups in total. The van der Waals surface area contributed by atoms with E-state index in [0.29, 0.717) is 22.0 Å². The molecule has 0 bridgehead atoms. The normalized spacial score (nSPS) is 14.8. The third kappa shape index (κ3) is 3.08. The topological polar surface area (TPSA) is 93.7 Å². The number of amides is 2. The zero-order chi connectivity index (χ0) is 19.9. The van der Waals surface area contributed by atoms with Crippen molar-refractivity contribution in [2.24, 2.45) is 0 Å². The average Bonchev–Trinajstić information content (AvgIpc) is 3.09. The Morgan fingerprint density at radius 2 is 2.04 bits per heavy atom. The molecule has 0 spiro atoms. The Bertz CT molecular complexity index is 912. The minimum absolute atomic E-state index is 0.144. The third-order valence-corrected chi connectivity index (χ3v) is 5.14. The predicted octanol–water partition coefficient (Wildman–Crippen LogP) is 3.95. The fraction of sp³-hybridized carbons (Fsp3) is 0.353. The van der Waals surface area contributed by atoms with Gasteiger partial charge in [0, 0.05) is 17.3 Å². The van der Waals surface area contributed by atoms with Crippen LogP contribution < -0.4 is 10.2 Å². The summed E-state index contributed by atoms with van der Waals surface area (Å²) in [4.78, 5) is 26.5. The lowest BCUT2D eigenvalue weighted by atomic mass is 10.0. The molecular weight excluding hydrogens is 393 g/mol. The van der Waals surface area contributed by atoms with E-state index < -0.39 is 17.7 Å². The Balaban J connectivity index is 1.92. The first-order chi connectivity index (χ1) is 12.7. The second-order valence-electron chi connectivity index (χ2n) is 6.48. The first-order valence-corrected chi connectivity index (χ1v) is 8.98. The molecule has 27 heavy (non-hydrogen) atoms. The molecule has 1 aliphatic heterocycles. The van der Waals surface area contributed by atoms with Gasteiger partial charge in [0.2, 0.25) is 0 Å². The van der Waals surface area contributed by atoms with Crippen molar-refractivity contribution in [3.8, 4) is 0 Å². The zero-order valence-corrected chi connectivity index (χ0v) is 16.6. The summed E-state index contributed by atoms with van der Waals surface area (Å²) in [7, 11) is 0. The highest BCUT2D eigenvalue weighted by molar-refractivity contribution is 6.41. The number of para-hydroxylation sites is 1. The summed E-state index contributed by atoms with van der Waals surface area (Å²) in [6.45, 7) is 5.65. The van der Waals surface area contributed by atoms with Crippen molar-refractivity contribution in [1.29, 1.82) is 0 Å².